The largest absolute Gasteiger partial charge is 0.486 e. The van der Waals surface area contributed by atoms with Crippen LogP contribution in [-0.2, 0) is 29.2 Å². The lowest BCUT2D eigenvalue weighted by Crippen LogP contribution is -2.64. The first-order valence-corrected chi connectivity index (χ1v) is 19.5. The van der Waals surface area contributed by atoms with Gasteiger partial charge in [-0.25, -0.2) is 4.98 Å². The summed E-state index contributed by atoms with van der Waals surface area (Å²) < 4.78 is 11.3. The lowest BCUT2D eigenvalue weighted by Gasteiger charge is -2.43. The number of benzene rings is 1. The molecule has 5 rings (SSSR count). The number of hydrogen-bond donors (Lipinski definition) is 4. The summed E-state index contributed by atoms with van der Waals surface area (Å²) >= 11 is 0. The maximum absolute atomic E-state index is 13.8. The summed E-state index contributed by atoms with van der Waals surface area (Å²) in [6.07, 6.45) is 12.8. The molecule has 2 saturated heterocycles. The van der Waals surface area contributed by atoms with Crippen molar-refractivity contribution >= 4 is 11.8 Å². The van der Waals surface area contributed by atoms with Gasteiger partial charge in [0.25, 0.3) is 0 Å². The van der Waals surface area contributed by atoms with E-state index in [2.05, 4.69) is 56.7 Å². The molecule has 51 heavy (non-hydrogen) atoms. The number of ether oxygens (including phenoxy) is 1. The Hall–Kier alpha value is -3.03. The normalized spacial score (nSPS) is 23.5. The molecule has 2 aromatic rings. The van der Waals surface area contributed by atoms with Gasteiger partial charge in [-0.3, -0.25) is 30.0 Å². The van der Waals surface area contributed by atoms with Gasteiger partial charge in [0.05, 0.1) is 24.0 Å². The number of aryl methyl sites for hydroxylation is 1. The quantitative estimate of drug-likeness (QED) is 0.168. The number of likely N-dealkylation sites (tertiary alicyclic amines) is 1. The average Bonchev–Trinajstić information content (AvgIpc) is 3.53. The number of fused-ring (bicyclic) bond motifs is 1. The van der Waals surface area contributed by atoms with Crippen LogP contribution in [-0.4, -0.2) is 106 Å². The molecule has 5 atom stereocenters. The second kappa shape index (κ2) is 19.7. The van der Waals surface area contributed by atoms with Gasteiger partial charge in [0.1, 0.15) is 12.4 Å². The molecular formula is C39H63N7O5. The monoisotopic (exact) mass is 709 g/mol. The number of amides is 2. The molecule has 0 radical (unpaired) electrons. The zero-order valence-corrected chi connectivity index (χ0v) is 31.5. The molecular weight excluding hydrogens is 646 g/mol. The smallest absolute Gasteiger partial charge is 0.237 e. The van der Waals surface area contributed by atoms with Crippen molar-refractivity contribution in [3.05, 3.63) is 47.2 Å². The summed E-state index contributed by atoms with van der Waals surface area (Å²) in [4.78, 5) is 36.4. The molecule has 284 valence electrons. The summed E-state index contributed by atoms with van der Waals surface area (Å²) in [7, 11) is 0. The number of piperidine rings is 1. The lowest BCUT2D eigenvalue weighted by atomic mass is 9.96. The number of nitrogens with one attached hydrogen (secondary N) is 3. The standard InChI is InChI=1S/C39H63N7O5/c1-5-6-7-8-9-10-11-16-45-26-41-38(43-33-15-18-46(30(4)47)28(2)19-33)21-36(45)39(49)40-22-34(48)24-44-17-14-31-20-35(13-12-32(31)23-44)50-25-37-29(3)42-27-51-37/h12-13,20,27-28,33-34,36,38,41,43,48H,5-11,14-19,21-26H2,1-4H3,(H,40,49)/t28-,33?,34+,36?,38?/m1/s1. The van der Waals surface area contributed by atoms with Gasteiger partial charge in [0.2, 0.25) is 11.8 Å². The zero-order valence-electron chi connectivity index (χ0n) is 31.5. The summed E-state index contributed by atoms with van der Waals surface area (Å²) in [5.41, 5.74) is 3.33. The number of rotatable bonds is 18. The van der Waals surface area contributed by atoms with Crippen molar-refractivity contribution in [3.8, 4) is 5.75 Å². The summed E-state index contributed by atoms with van der Waals surface area (Å²) in [5.74, 6) is 1.67. The fraction of sp³-hybridized carbons (Fsp3) is 0.718. The Bertz CT molecular complexity index is 1390. The van der Waals surface area contributed by atoms with E-state index in [0.717, 1.165) is 69.1 Å². The lowest BCUT2D eigenvalue weighted by molar-refractivity contribution is -0.133. The fourth-order valence-corrected chi connectivity index (χ4v) is 7.92. The minimum atomic E-state index is -0.664. The first kappa shape index (κ1) is 39.2. The van der Waals surface area contributed by atoms with Crippen molar-refractivity contribution in [2.24, 2.45) is 0 Å². The molecule has 3 aliphatic rings. The minimum Gasteiger partial charge on any atom is -0.486 e. The van der Waals surface area contributed by atoms with Crippen LogP contribution in [0.2, 0.25) is 0 Å². The van der Waals surface area contributed by atoms with Crippen LogP contribution in [0.3, 0.4) is 0 Å². The summed E-state index contributed by atoms with van der Waals surface area (Å²) in [6.45, 7) is 12.9. The molecule has 3 aliphatic heterocycles. The number of aliphatic hydroxyl groups is 1. The number of unbranched alkanes of at least 4 members (excludes halogenated alkanes) is 6. The van der Waals surface area contributed by atoms with E-state index in [0.29, 0.717) is 32.3 Å². The molecule has 3 unspecified atom stereocenters. The Balaban J connectivity index is 1.09. The maximum atomic E-state index is 13.8. The van der Waals surface area contributed by atoms with Crippen LogP contribution in [0.4, 0.5) is 0 Å². The highest BCUT2D eigenvalue weighted by Gasteiger charge is 2.35. The molecule has 4 heterocycles. The topological polar surface area (TPSA) is 135 Å². The molecule has 1 aromatic carbocycles. The van der Waals surface area contributed by atoms with Gasteiger partial charge in [0.15, 0.2) is 12.2 Å². The second-order valence-electron chi connectivity index (χ2n) is 15.0. The molecule has 0 saturated carbocycles. The van der Waals surface area contributed by atoms with Gasteiger partial charge in [-0.2, -0.15) is 0 Å². The third kappa shape index (κ3) is 11.7. The van der Waals surface area contributed by atoms with Crippen molar-refractivity contribution in [3.63, 3.8) is 0 Å². The summed E-state index contributed by atoms with van der Waals surface area (Å²) in [6, 6.07) is 6.42. The Morgan fingerprint density at radius 1 is 1.12 bits per heavy atom. The Morgan fingerprint density at radius 2 is 1.92 bits per heavy atom. The highest BCUT2D eigenvalue weighted by Crippen LogP contribution is 2.25. The molecule has 0 aliphatic carbocycles. The van der Waals surface area contributed by atoms with Gasteiger partial charge in [-0.05, 0) is 62.8 Å². The molecule has 12 heteroatoms. The van der Waals surface area contributed by atoms with E-state index in [9.17, 15) is 14.7 Å². The van der Waals surface area contributed by atoms with Crippen LogP contribution in [0.1, 0.15) is 108 Å². The first-order chi connectivity index (χ1) is 24.7. The zero-order chi connectivity index (χ0) is 36.2. The highest BCUT2D eigenvalue weighted by molar-refractivity contribution is 5.82. The van der Waals surface area contributed by atoms with Crippen molar-refractivity contribution in [2.75, 3.05) is 39.4 Å². The summed E-state index contributed by atoms with van der Waals surface area (Å²) in [5, 5.41) is 21.6. The number of nitrogens with zero attached hydrogens (tertiary/aromatic N) is 4. The van der Waals surface area contributed by atoms with Crippen LogP contribution < -0.4 is 20.7 Å². The molecule has 2 amide bonds. The predicted octanol–water partition coefficient (Wildman–Crippen LogP) is 4.08. The van der Waals surface area contributed by atoms with E-state index < -0.39 is 6.10 Å². The number of carbonyl (C=O) groups excluding carboxylic acids is 2. The number of β-amino-alcohol motifs (C(OH)–C–C–N with tert-alkyl or cyclic N) is 1. The average molecular weight is 710 g/mol. The second-order valence-corrected chi connectivity index (χ2v) is 15.0. The van der Waals surface area contributed by atoms with Crippen molar-refractivity contribution < 1.29 is 23.8 Å². The van der Waals surface area contributed by atoms with Gasteiger partial charge in [-0.1, -0.05) is 51.5 Å². The van der Waals surface area contributed by atoms with Gasteiger partial charge >= 0.3 is 0 Å². The first-order valence-electron chi connectivity index (χ1n) is 19.5. The number of aliphatic hydroxyl groups excluding tert-OH is 1. The van der Waals surface area contributed by atoms with Crippen LogP contribution in [0.5, 0.6) is 5.75 Å². The van der Waals surface area contributed by atoms with Gasteiger partial charge in [-0.15, -0.1) is 0 Å². The van der Waals surface area contributed by atoms with E-state index in [1.54, 1.807) is 6.92 Å². The third-order valence-corrected chi connectivity index (χ3v) is 11.0. The van der Waals surface area contributed by atoms with Crippen molar-refractivity contribution in [1.29, 1.82) is 0 Å². The van der Waals surface area contributed by atoms with Crippen molar-refractivity contribution in [1.82, 2.24) is 35.6 Å². The van der Waals surface area contributed by atoms with E-state index in [1.165, 1.54) is 56.0 Å². The maximum Gasteiger partial charge on any atom is 0.237 e. The van der Waals surface area contributed by atoms with Crippen LogP contribution in [0, 0.1) is 6.92 Å². The third-order valence-electron chi connectivity index (χ3n) is 11.0. The van der Waals surface area contributed by atoms with E-state index in [1.807, 2.05) is 17.9 Å². The number of carbonyl (C=O) groups is 2. The molecule has 2 fully saturated rings. The molecule has 0 spiro atoms. The molecule has 0 bridgehead atoms. The number of hydrogen-bond acceptors (Lipinski definition) is 10. The predicted molar refractivity (Wildman–Crippen MR) is 198 cm³/mol. The number of oxazole rings is 1. The minimum absolute atomic E-state index is 0.0119. The SMILES string of the molecule is CCCCCCCCCN1CNC(NC2CCN(C(C)=O)[C@H](C)C2)CC1C(=O)NC[C@H](O)CN1CCc2cc(OCc3ocnc3C)ccc2C1. The van der Waals surface area contributed by atoms with Gasteiger partial charge < -0.3 is 24.5 Å². The van der Waals surface area contributed by atoms with E-state index in [4.69, 9.17) is 9.15 Å². The van der Waals surface area contributed by atoms with Gasteiger partial charge in [0, 0.05) is 71.4 Å². The number of aromatic nitrogens is 1. The van der Waals surface area contributed by atoms with E-state index >= 15 is 0 Å². The molecule has 1 aromatic heterocycles. The Labute approximate surface area is 305 Å². The van der Waals surface area contributed by atoms with E-state index in [-0.39, 0.29) is 36.6 Å². The molecule has 12 nitrogen and oxygen atoms in total. The highest BCUT2D eigenvalue weighted by atomic mass is 16.5. The fourth-order valence-electron chi connectivity index (χ4n) is 7.92. The van der Waals surface area contributed by atoms with Crippen LogP contribution in [0.15, 0.2) is 29.0 Å². The Kier molecular flexibility index (Phi) is 15.1. The molecule has 4 N–H and O–H groups in total. The van der Waals surface area contributed by atoms with Crippen LogP contribution >= 0.6 is 0 Å². The van der Waals surface area contributed by atoms with Crippen molar-refractivity contribution in [2.45, 2.75) is 142 Å². The Morgan fingerprint density at radius 3 is 2.67 bits per heavy atom. The van der Waals surface area contributed by atoms with Crippen LogP contribution in [0.25, 0.3) is 0 Å².